The molecule has 4 N–H and O–H groups in total. The number of aromatic nitrogens is 1. The van der Waals surface area contributed by atoms with Crippen LogP contribution in [0.2, 0.25) is 0 Å². The van der Waals surface area contributed by atoms with Gasteiger partial charge < -0.3 is 20.5 Å². The molecule has 0 aliphatic heterocycles. The van der Waals surface area contributed by atoms with Crippen LogP contribution in [0.3, 0.4) is 0 Å². The van der Waals surface area contributed by atoms with Gasteiger partial charge in [0, 0.05) is 11.5 Å². The number of rotatable bonds is 3. The van der Waals surface area contributed by atoms with Crippen molar-refractivity contribution in [1.82, 2.24) is 10.3 Å². The van der Waals surface area contributed by atoms with E-state index in [2.05, 4.69) is 10.3 Å². The normalized spacial score (nSPS) is 10.9. The number of nitrogens with two attached hydrogens (primary N) is 1. The molecule has 3 aromatic heterocycles. The SMILES string of the molecule is Cc1cc(=O)[nH]c2sc(C(=O)NCc3ccco3)c(N)c12. The topological polar surface area (TPSA) is 101 Å². The third-order valence-corrected chi connectivity index (χ3v) is 4.25. The molecule has 7 heteroatoms. The summed E-state index contributed by atoms with van der Waals surface area (Å²) < 4.78 is 5.15. The number of carbonyl (C=O) groups excluding carboxylic acids is 1. The average Bonchev–Trinajstić information content (AvgIpc) is 3.04. The first kappa shape index (κ1) is 13.4. The van der Waals surface area contributed by atoms with Gasteiger partial charge in [-0.05, 0) is 24.6 Å². The molecule has 0 aliphatic carbocycles. The summed E-state index contributed by atoms with van der Waals surface area (Å²) in [6, 6.07) is 5.00. The fourth-order valence-electron chi connectivity index (χ4n) is 2.17. The molecule has 3 aromatic rings. The number of amides is 1. The Kier molecular flexibility index (Phi) is 3.26. The van der Waals surface area contributed by atoms with Gasteiger partial charge in [0.05, 0.1) is 18.5 Å². The van der Waals surface area contributed by atoms with Crippen molar-refractivity contribution in [3.63, 3.8) is 0 Å². The van der Waals surface area contributed by atoms with Gasteiger partial charge in [0.2, 0.25) is 5.56 Å². The molecule has 0 aliphatic rings. The third kappa shape index (κ3) is 2.43. The van der Waals surface area contributed by atoms with Crippen molar-refractivity contribution in [1.29, 1.82) is 0 Å². The van der Waals surface area contributed by atoms with Crippen LogP contribution in [-0.2, 0) is 6.54 Å². The molecule has 1 amide bonds. The van der Waals surface area contributed by atoms with Crippen molar-refractivity contribution >= 4 is 33.1 Å². The molecule has 0 radical (unpaired) electrons. The number of thiophene rings is 1. The second-order valence-electron chi connectivity index (χ2n) is 4.63. The third-order valence-electron chi connectivity index (χ3n) is 3.13. The number of nitrogen functional groups attached to an aromatic ring is 1. The molecule has 0 unspecified atom stereocenters. The number of aryl methyl sites for hydroxylation is 1. The van der Waals surface area contributed by atoms with Crippen molar-refractivity contribution in [2.24, 2.45) is 0 Å². The van der Waals surface area contributed by atoms with Gasteiger partial charge in [-0.25, -0.2) is 0 Å². The van der Waals surface area contributed by atoms with Gasteiger partial charge in [-0.3, -0.25) is 9.59 Å². The van der Waals surface area contributed by atoms with Crippen molar-refractivity contribution < 1.29 is 9.21 Å². The van der Waals surface area contributed by atoms with E-state index in [1.165, 1.54) is 17.4 Å². The number of furan rings is 1. The maximum absolute atomic E-state index is 12.2. The largest absolute Gasteiger partial charge is 0.467 e. The van der Waals surface area contributed by atoms with Crippen LogP contribution < -0.4 is 16.6 Å². The molecule has 0 aromatic carbocycles. The second-order valence-corrected chi connectivity index (χ2v) is 5.65. The Labute approximate surface area is 123 Å². The van der Waals surface area contributed by atoms with Gasteiger partial charge in [-0.15, -0.1) is 11.3 Å². The molecule has 0 spiro atoms. The van der Waals surface area contributed by atoms with Gasteiger partial charge in [-0.2, -0.15) is 0 Å². The maximum Gasteiger partial charge on any atom is 0.263 e. The first-order chi connectivity index (χ1) is 10.1. The number of aromatic amines is 1. The summed E-state index contributed by atoms with van der Waals surface area (Å²) in [6.07, 6.45) is 1.55. The van der Waals surface area contributed by atoms with Crippen molar-refractivity contribution in [3.05, 3.63) is 51.0 Å². The minimum Gasteiger partial charge on any atom is -0.467 e. The predicted octanol–water partition coefficient (Wildman–Crippen LogP) is 2.00. The zero-order valence-electron chi connectivity index (χ0n) is 11.2. The van der Waals surface area contributed by atoms with Crippen molar-refractivity contribution in [2.75, 3.05) is 5.73 Å². The lowest BCUT2D eigenvalue weighted by atomic mass is 10.1. The monoisotopic (exact) mass is 303 g/mol. The molecule has 0 fully saturated rings. The first-order valence-electron chi connectivity index (χ1n) is 6.28. The standard InChI is InChI=1S/C14H13N3O3S/c1-7-5-9(18)17-14-10(7)11(15)12(21-14)13(19)16-6-8-3-2-4-20-8/h2-5H,6,15H2,1H3,(H,16,19)(H,17,18). The van der Waals surface area contributed by atoms with E-state index in [9.17, 15) is 9.59 Å². The fourth-order valence-corrected chi connectivity index (χ4v) is 3.28. The predicted molar refractivity (Wildman–Crippen MR) is 81.5 cm³/mol. The molecule has 3 heterocycles. The number of carbonyl (C=O) groups is 1. The van der Waals surface area contributed by atoms with Crippen LogP contribution in [0.25, 0.3) is 10.2 Å². The highest BCUT2D eigenvalue weighted by Crippen LogP contribution is 2.33. The fraction of sp³-hybridized carbons (Fsp3) is 0.143. The summed E-state index contributed by atoms with van der Waals surface area (Å²) in [5, 5.41) is 3.47. The Bertz CT molecular complexity index is 862. The van der Waals surface area contributed by atoms with Gasteiger partial charge in [0.25, 0.3) is 5.91 Å². The number of hydrogen-bond donors (Lipinski definition) is 3. The van der Waals surface area contributed by atoms with E-state index in [4.69, 9.17) is 10.2 Å². The second kappa shape index (κ2) is 5.10. The number of fused-ring (bicyclic) bond motifs is 1. The lowest BCUT2D eigenvalue weighted by Crippen LogP contribution is -2.22. The first-order valence-corrected chi connectivity index (χ1v) is 7.10. The molecule has 21 heavy (non-hydrogen) atoms. The molecule has 3 rings (SSSR count). The van der Waals surface area contributed by atoms with Crippen LogP contribution in [0.15, 0.2) is 33.7 Å². The summed E-state index contributed by atoms with van der Waals surface area (Å²) in [5.74, 6) is 0.373. The van der Waals surface area contributed by atoms with Crippen LogP contribution >= 0.6 is 11.3 Å². The zero-order valence-corrected chi connectivity index (χ0v) is 12.0. The van der Waals surface area contributed by atoms with Crippen LogP contribution in [0.4, 0.5) is 5.69 Å². The molecule has 0 atom stereocenters. The van der Waals surface area contributed by atoms with Crippen LogP contribution in [0.5, 0.6) is 0 Å². The molecule has 108 valence electrons. The number of H-pyrrole nitrogens is 1. The molecule has 0 saturated carbocycles. The van der Waals surface area contributed by atoms with Crippen LogP contribution in [-0.4, -0.2) is 10.9 Å². The Morgan fingerprint density at radius 3 is 3.05 bits per heavy atom. The van der Waals surface area contributed by atoms with Crippen LogP contribution in [0, 0.1) is 6.92 Å². The highest BCUT2D eigenvalue weighted by molar-refractivity contribution is 7.21. The lowest BCUT2D eigenvalue weighted by molar-refractivity contribution is 0.0953. The van der Waals surface area contributed by atoms with Gasteiger partial charge in [0.15, 0.2) is 0 Å². The van der Waals surface area contributed by atoms with Crippen molar-refractivity contribution in [2.45, 2.75) is 13.5 Å². The molecule has 0 saturated heterocycles. The molecule has 0 bridgehead atoms. The van der Waals surface area contributed by atoms with E-state index in [0.717, 1.165) is 10.9 Å². The van der Waals surface area contributed by atoms with Gasteiger partial charge in [0.1, 0.15) is 15.5 Å². The molecular weight excluding hydrogens is 290 g/mol. The Balaban J connectivity index is 1.93. The summed E-state index contributed by atoms with van der Waals surface area (Å²) in [6.45, 7) is 2.08. The van der Waals surface area contributed by atoms with E-state index in [1.54, 1.807) is 25.3 Å². The van der Waals surface area contributed by atoms with E-state index < -0.39 is 0 Å². The van der Waals surface area contributed by atoms with E-state index in [1.807, 2.05) is 0 Å². The average molecular weight is 303 g/mol. The van der Waals surface area contributed by atoms with E-state index in [-0.39, 0.29) is 18.0 Å². The van der Waals surface area contributed by atoms with Crippen LogP contribution in [0.1, 0.15) is 21.0 Å². The molecule has 6 nitrogen and oxygen atoms in total. The van der Waals surface area contributed by atoms with Gasteiger partial charge in [-0.1, -0.05) is 0 Å². The maximum atomic E-state index is 12.2. The quantitative estimate of drug-likeness (QED) is 0.688. The Morgan fingerprint density at radius 1 is 1.52 bits per heavy atom. The number of pyridine rings is 1. The smallest absolute Gasteiger partial charge is 0.263 e. The minimum atomic E-state index is -0.287. The van der Waals surface area contributed by atoms with Crippen molar-refractivity contribution in [3.8, 4) is 0 Å². The highest BCUT2D eigenvalue weighted by Gasteiger charge is 2.18. The summed E-state index contributed by atoms with van der Waals surface area (Å²) in [5.41, 5.74) is 6.99. The number of anilines is 1. The number of nitrogens with one attached hydrogen (secondary N) is 2. The summed E-state index contributed by atoms with van der Waals surface area (Å²) in [7, 11) is 0. The summed E-state index contributed by atoms with van der Waals surface area (Å²) in [4.78, 5) is 27.4. The Morgan fingerprint density at radius 2 is 2.33 bits per heavy atom. The lowest BCUT2D eigenvalue weighted by Gasteiger charge is -2.02. The zero-order chi connectivity index (χ0) is 15.0. The summed E-state index contributed by atoms with van der Waals surface area (Å²) >= 11 is 1.17. The molecular formula is C14H13N3O3S. The van der Waals surface area contributed by atoms with E-state index >= 15 is 0 Å². The Hall–Kier alpha value is -2.54. The minimum absolute atomic E-state index is 0.205. The highest BCUT2D eigenvalue weighted by atomic mass is 32.1. The van der Waals surface area contributed by atoms with E-state index in [0.29, 0.717) is 21.2 Å². The van der Waals surface area contributed by atoms with Gasteiger partial charge >= 0.3 is 0 Å². The number of hydrogen-bond acceptors (Lipinski definition) is 5.